The lowest BCUT2D eigenvalue weighted by Gasteiger charge is -2.35. The number of fused-ring (bicyclic) bond motifs is 1. The highest BCUT2D eigenvalue weighted by Gasteiger charge is 2.25. The molecule has 2 amide bonds. The summed E-state index contributed by atoms with van der Waals surface area (Å²) < 4.78 is 29.0. The molecule has 0 bridgehead atoms. The van der Waals surface area contributed by atoms with Crippen LogP contribution in [0.4, 0.5) is 8.78 Å². The smallest absolute Gasteiger partial charge is 0.387 e. The highest BCUT2D eigenvalue weighted by molar-refractivity contribution is 5.94. The van der Waals surface area contributed by atoms with E-state index in [-0.39, 0.29) is 23.6 Å². The van der Waals surface area contributed by atoms with Gasteiger partial charge in [0.05, 0.1) is 0 Å². The Hall–Kier alpha value is -2.22. The summed E-state index contributed by atoms with van der Waals surface area (Å²) in [7, 11) is 0. The lowest BCUT2D eigenvalue weighted by molar-refractivity contribution is -0.122. The maximum absolute atomic E-state index is 13.0. The van der Waals surface area contributed by atoms with E-state index in [9.17, 15) is 18.4 Å². The Morgan fingerprint density at radius 3 is 2.47 bits per heavy atom. The quantitative estimate of drug-likeness (QED) is 0.811. The topological polar surface area (TPSA) is 61.9 Å². The van der Waals surface area contributed by atoms with Crippen LogP contribution in [0.2, 0.25) is 0 Å². The third-order valence-corrected chi connectivity index (χ3v) is 5.83. The molecule has 2 fully saturated rings. The van der Waals surface area contributed by atoms with E-state index in [4.69, 9.17) is 0 Å². The van der Waals surface area contributed by atoms with Gasteiger partial charge in [0, 0.05) is 44.2 Å². The van der Waals surface area contributed by atoms with Crippen LogP contribution >= 0.6 is 0 Å². The van der Waals surface area contributed by atoms with Crippen molar-refractivity contribution in [3.8, 4) is 5.75 Å². The number of benzene rings is 1. The van der Waals surface area contributed by atoms with Crippen molar-refractivity contribution in [1.82, 2.24) is 15.1 Å². The fraction of sp³-hybridized carbons (Fsp3) is 0.636. The molecule has 0 spiro atoms. The number of carbonyl (C=O) groups is 2. The minimum atomic E-state index is -2.88. The molecule has 1 unspecified atom stereocenters. The second kappa shape index (κ2) is 11.2. The summed E-state index contributed by atoms with van der Waals surface area (Å²) in [5.74, 6) is 0.0521. The van der Waals surface area contributed by atoms with Gasteiger partial charge in [-0.05, 0) is 62.9 Å². The lowest BCUT2D eigenvalue weighted by Crippen LogP contribution is -2.44. The molecule has 0 saturated carbocycles. The predicted molar refractivity (Wildman–Crippen MR) is 110 cm³/mol. The molecule has 2 aliphatic rings. The fourth-order valence-electron chi connectivity index (χ4n) is 4.27. The molecule has 2 saturated heterocycles. The van der Waals surface area contributed by atoms with Crippen LogP contribution in [0.15, 0.2) is 24.3 Å². The molecule has 0 aromatic heterocycles. The van der Waals surface area contributed by atoms with Crippen LogP contribution in [0.1, 0.15) is 55.3 Å². The van der Waals surface area contributed by atoms with E-state index in [1.54, 1.807) is 0 Å². The average Bonchev–Trinajstić information content (AvgIpc) is 2.74. The van der Waals surface area contributed by atoms with E-state index in [0.717, 1.165) is 51.6 Å². The van der Waals surface area contributed by atoms with Crippen molar-refractivity contribution in [2.45, 2.75) is 57.6 Å². The van der Waals surface area contributed by atoms with Gasteiger partial charge in [-0.1, -0.05) is 6.42 Å². The minimum absolute atomic E-state index is 0.0402. The number of alkyl halides is 2. The third kappa shape index (κ3) is 6.65. The largest absolute Gasteiger partial charge is 0.435 e. The molecule has 2 aliphatic heterocycles. The van der Waals surface area contributed by atoms with Crippen LogP contribution in [0.25, 0.3) is 0 Å². The number of ether oxygens (including phenoxy) is 1. The Labute approximate surface area is 176 Å². The van der Waals surface area contributed by atoms with Gasteiger partial charge in [0.25, 0.3) is 5.91 Å². The number of halogens is 2. The fourth-order valence-corrected chi connectivity index (χ4v) is 4.27. The van der Waals surface area contributed by atoms with Gasteiger partial charge in [-0.2, -0.15) is 8.78 Å². The predicted octanol–water partition coefficient (Wildman–Crippen LogP) is 3.27. The van der Waals surface area contributed by atoms with Crippen LogP contribution in [-0.4, -0.2) is 67.0 Å². The molecule has 0 radical (unpaired) electrons. The zero-order valence-corrected chi connectivity index (χ0v) is 17.3. The van der Waals surface area contributed by atoms with E-state index in [1.165, 1.54) is 24.3 Å². The van der Waals surface area contributed by atoms with Gasteiger partial charge in [-0.15, -0.1) is 0 Å². The standard InChI is InChI=1S/C22H31F2N3O3/c23-22(24)30-19-9-7-17(8-10-19)21(29)27-13-4-2-11-25-20(28)16-18-6-1-3-12-26(18)14-5-15-27/h7-10,18,22H,1-6,11-16H2,(H,25,28). The molecule has 1 atom stereocenters. The summed E-state index contributed by atoms with van der Waals surface area (Å²) in [5, 5.41) is 3.01. The van der Waals surface area contributed by atoms with Gasteiger partial charge in [-0.3, -0.25) is 14.5 Å². The molecule has 1 aromatic carbocycles. The first-order chi connectivity index (χ1) is 14.5. The number of hydrogen-bond acceptors (Lipinski definition) is 4. The van der Waals surface area contributed by atoms with E-state index in [2.05, 4.69) is 15.0 Å². The maximum Gasteiger partial charge on any atom is 0.387 e. The number of hydrogen-bond donors (Lipinski definition) is 1. The molecule has 1 N–H and O–H groups in total. The van der Waals surface area contributed by atoms with Crippen LogP contribution in [0.5, 0.6) is 5.75 Å². The highest BCUT2D eigenvalue weighted by Crippen LogP contribution is 2.21. The van der Waals surface area contributed by atoms with Crippen molar-refractivity contribution in [2.75, 3.05) is 32.7 Å². The van der Waals surface area contributed by atoms with Crippen LogP contribution in [0, 0.1) is 0 Å². The van der Waals surface area contributed by atoms with Gasteiger partial charge >= 0.3 is 6.61 Å². The Morgan fingerprint density at radius 2 is 1.70 bits per heavy atom. The van der Waals surface area contributed by atoms with E-state index >= 15 is 0 Å². The molecule has 3 rings (SSSR count). The molecular weight excluding hydrogens is 392 g/mol. The summed E-state index contributed by atoms with van der Waals surface area (Å²) >= 11 is 0. The lowest BCUT2D eigenvalue weighted by atomic mass is 9.98. The zero-order chi connectivity index (χ0) is 21.3. The Kier molecular flexibility index (Phi) is 8.42. The molecule has 1 aromatic rings. The Bertz CT molecular complexity index is 699. The first-order valence-corrected chi connectivity index (χ1v) is 10.9. The van der Waals surface area contributed by atoms with Gasteiger partial charge < -0.3 is 15.0 Å². The number of amides is 2. The first-order valence-electron chi connectivity index (χ1n) is 10.9. The van der Waals surface area contributed by atoms with Crippen molar-refractivity contribution in [3.05, 3.63) is 29.8 Å². The first kappa shape index (κ1) is 22.5. The van der Waals surface area contributed by atoms with Gasteiger partial charge in [0.1, 0.15) is 5.75 Å². The summed E-state index contributed by atoms with van der Waals surface area (Å²) in [5.41, 5.74) is 0.463. The number of piperidine rings is 1. The van der Waals surface area contributed by atoms with Crippen molar-refractivity contribution in [3.63, 3.8) is 0 Å². The highest BCUT2D eigenvalue weighted by atomic mass is 19.3. The summed E-state index contributed by atoms with van der Waals surface area (Å²) in [6.07, 6.45) is 6.35. The zero-order valence-electron chi connectivity index (χ0n) is 17.3. The van der Waals surface area contributed by atoms with Gasteiger partial charge in [-0.25, -0.2) is 0 Å². The third-order valence-electron chi connectivity index (χ3n) is 5.83. The molecule has 166 valence electrons. The summed E-state index contributed by atoms with van der Waals surface area (Å²) in [6.45, 7) is 0.838. The number of carbonyl (C=O) groups excluding carboxylic acids is 2. The molecule has 6 nitrogen and oxygen atoms in total. The molecule has 0 aliphatic carbocycles. The summed E-state index contributed by atoms with van der Waals surface area (Å²) in [4.78, 5) is 29.5. The average molecular weight is 424 g/mol. The number of rotatable bonds is 3. The van der Waals surface area contributed by atoms with Crippen molar-refractivity contribution in [2.24, 2.45) is 0 Å². The number of nitrogens with zero attached hydrogens (tertiary/aromatic N) is 2. The molecule has 8 heteroatoms. The van der Waals surface area contributed by atoms with E-state index in [0.29, 0.717) is 31.6 Å². The van der Waals surface area contributed by atoms with Crippen LogP contribution < -0.4 is 10.1 Å². The molecule has 30 heavy (non-hydrogen) atoms. The maximum atomic E-state index is 13.0. The van der Waals surface area contributed by atoms with Crippen molar-refractivity contribution in [1.29, 1.82) is 0 Å². The van der Waals surface area contributed by atoms with E-state index < -0.39 is 6.61 Å². The van der Waals surface area contributed by atoms with Gasteiger partial charge in [0.15, 0.2) is 0 Å². The Balaban J connectivity index is 1.64. The van der Waals surface area contributed by atoms with Crippen molar-refractivity contribution < 1.29 is 23.1 Å². The normalized spacial score (nSPS) is 22.3. The SMILES string of the molecule is O=C1CC2CCCCN2CCCN(C(=O)c2ccc(OC(F)F)cc2)CCCCN1. The van der Waals surface area contributed by atoms with E-state index in [1.807, 2.05) is 4.90 Å². The molecular formula is C22H31F2N3O3. The van der Waals surface area contributed by atoms with Gasteiger partial charge in [0.2, 0.25) is 5.91 Å². The van der Waals surface area contributed by atoms with Crippen LogP contribution in [-0.2, 0) is 4.79 Å². The van der Waals surface area contributed by atoms with Crippen LogP contribution in [0.3, 0.4) is 0 Å². The molecule has 2 heterocycles. The second-order valence-electron chi connectivity index (χ2n) is 8.00. The Morgan fingerprint density at radius 1 is 1.00 bits per heavy atom. The number of nitrogens with one attached hydrogen (secondary N) is 1. The second-order valence-corrected chi connectivity index (χ2v) is 8.00. The minimum Gasteiger partial charge on any atom is -0.435 e. The monoisotopic (exact) mass is 423 g/mol. The summed E-state index contributed by atoms with van der Waals surface area (Å²) in [6, 6.07) is 6.14. The van der Waals surface area contributed by atoms with Crippen molar-refractivity contribution >= 4 is 11.8 Å².